The molecule has 0 radical (unpaired) electrons. The summed E-state index contributed by atoms with van der Waals surface area (Å²) in [6.45, 7) is 2.60. The van der Waals surface area contributed by atoms with E-state index in [1.807, 2.05) is 13.2 Å². The van der Waals surface area contributed by atoms with Crippen molar-refractivity contribution >= 4 is 33.6 Å². The maximum absolute atomic E-state index is 13.5. The van der Waals surface area contributed by atoms with Crippen LogP contribution in [0.3, 0.4) is 0 Å². The van der Waals surface area contributed by atoms with Crippen molar-refractivity contribution in [3.05, 3.63) is 34.1 Å². The van der Waals surface area contributed by atoms with Crippen LogP contribution in [0.1, 0.15) is 17.3 Å². The Labute approximate surface area is 113 Å². The van der Waals surface area contributed by atoms with Gasteiger partial charge in [0.05, 0.1) is 5.56 Å². The van der Waals surface area contributed by atoms with Crippen LogP contribution in [0.5, 0.6) is 0 Å². The summed E-state index contributed by atoms with van der Waals surface area (Å²) >= 11 is 4.91. The maximum atomic E-state index is 13.5. The van der Waals surface area contributed by atoms with Gasteiger partial charge in [-0.25, -0.2) is 4.39 Å². The number of hydrogen-bond acceptors (Lipinski definition) is 2. The lowest BCUT2D eigenvalue weighted by molar-refractivity contribution is 0.0944. The molecule has 1 unspecified atom stereocenters. The predicted molar refractivity (Wildman–Crippen MR) is 74.0 cm³/mol. The highest BCUT2D eigenvalue weighted by atomic mass is 79.9. The van der Waals surface area contributed by atoms with Crippen LogP contribution in [0.25, 0.3) is 0 Å². The molecule has 5 heteroatoms. The number of amides is 1. The summed E-state index contributed by atoms with van der Waals surface area (Å²) in [5.74, 6) is 0.468. The van der Waals surface area contributed by atoms with Crippen molar-refractivity contribution in [3.63, 3.8) is 0 Å². The highest BCUT2D eigenvalue weighted by Crippen LogP contribution is 2.19. The molecular formula is C12H15BrFNOS. The third kappa shape index (κ3) is 4.32. The minimum absolute atomic E-state index is 0.0730. The first-order valence-electron chi connectivity index (χ1n) is 5.27. The van der Waals surface area contributed by atoms with E-state index in [1.54, 1.807) is 23.9 Å². The zero-order valence-corrected chi connectivity index (χ0v) is 12.2. The van der Waals surface area contributed by atoms with Gasteiger partial charge < -0.3 is 5.32 Å². The van der Waals surface area contributed by atoms with Crippen molar-refractivity contribution < 1.29 is 9.18 Å². The van der Waals surface area contributed by atoms with Crippen LogP contribution in [0.15, 0.2) is 22.7 Å². The molecular weight excluding hydrogens is 305 g/mol. The molecule has 0 saturated carbocycles. The summed E-state index contributed by atoms with van der Waals surface area (Å²) in [5, 5.41) is 2.74. The van der Waals surface area contributed by atoms with Crippen LogP contribution in [0.4, 0.5) is 4.39 Å². The quantitative estimate of drug-likeness (QED) is 0.902. The third-order valence-corrected chi connectivity index (χ3v) is 3.82. The number of hydrogen-bond donors (Lipinski definition) is 1. The molecule has 0 aliphatic heterocycles. The smallest absolute Gasteiger partial charge is 0.255 e. The van der Waals surface area contributed by atoms with Gasteiger partial charge in [-0.2, -0.15) is 11.8 Å². The standard InChI is InChI=1S/C12H15BrFNOS/c1-8(7-17-2)6-15-12(16)11-9(13)4-3-5-10(11)14/h3-5,8H,6-7H2,1-2H3,(H,15,16). The molecule has 1 aromatic carbocycles. The van der Waals surface area contributed by atoms with Gasteiger partial charge in [0.1, 0.15) is 5.82 Å². The Bertz CT molecular complexity index is 380. The highest BCUT2D eigenvalue weighted by molar-refractivity contribution is 9.10. The van der Waals surface area contributed by atoms with Crippen LogP contribution in [0.2, 0.25) is 0 Å². The summed E-state index contributed by atoms with van der Waals surface area (Å²) in [4.78, 5) is 11.8. The normalized spacial score (nSPS) is 12.2. The Morgan fingerprint density at radius 1 is 1.59 bits per heavy atom. The number of thioether (sulfide) groups is 1. The second kappa shape index (κ2) is 7.01. The zero-order valence-electron chi connectivity index (χ0n) is 9.80. The van der Waals surface area contributed by atoms with E-state index in [0.717, 1.165) is 5.75 Å². The molecule has 0 aliphatic carbocycles. The number of carbonyl (C=O) groups is 1. The lowest BCUT2D eigenvalue weighted by atomic mass is 10.1. The molecule has 0 aromatic heterocycles. The van der Waals surface area contributed by atoms with E-state index in [1.165, 1.54) is 6.07 Å². The average Bonchev–Trinajstić information content (AvgIpc) is 2.26. The van der Waals surface area contributed by atoms with Crippen molar-refractivity contribution in [2.75, 3.05) is 18.6 Å². The van der Waals surface area contributed by atoms with E-state index >= 15 is 0 Å². The van der Waals surface area contributed by atoms with Crippen LogP contribution >= 0.6 is 27.7 Å². The summed E-state index contributed by atoms with van der Waals surface area (Å²) in [7, 11) is 0. The van der Waals surface area contributed by atoms with E-state index in [4.69, 9.17) is 0 Å². The SMILES string of the molecule is CSCC(C)CNC(=O)c1c(F)cccc1Br. The van der Waals surface area contributed by atoms with Gasteiger partial charge in [0, 0.05) is 11.0 Å². The fourth-order valence-corrected chi connectivity index (χ4v) is 2.62. The molecule has 2 nitrogen and oxygen atoms in total. The third-order valence-electron chi connectivity index (χ3n) is 2.25. The number of carbonyl (C=O) groups excluding carboxylic acids is 1. The van der Waals surface area contributed by atoms with Crippen molar-refractivity contribution in [1.29, 1.82) is 0 Å². The molecule has 0 fully saturated rings. The first-order chi connectivity index (χ1) is 8.06. The second-order valence-electron chi connectivity index (χ2n) is 3.87. The van der Waals surface area contributed by atoms with Gasteiger partial charge in [0.2, 0.25) is 0 Å². The largest absolute Gasteiger partial charge is 0.352 e. The Kier molecular flexibility index (Phi) is 5.98. The Hall–Kier alpha value is -0.550. The topological polar surface area (TPSA) is 29.1 Å². The number of rotatable bonds is 5. The van der Waals surface area contributed by atoms with Crippen molar-refractivity contribution in [3.8, 4) is 0 Å². The van der Waals surface area contributed by atoms with E-state index < -0.39 is 5.82 Å². The van der Waals surface area contributed by atoms with Gasteiger partial charge in [-0.1, -0.05) is 13.0 Å². The molecule has 0 aliphatic rings. The lowest BCUT2D eigenvalue weighted by Gasteiger charge is -2.12. The minimum Gasteiger partial charge on any atom is -0.352 e. The Morgan fingerprint density at radius 2 is 2.29 bits per heavy atom. The van der Waals surface area contributed by atoms with Crippen molar-refractivity contribution in [2.45, 2.75) is 6.92 Å². The molecule has 0 bridgehead atoms. The monoisotopic (exact) mass is 319 g/mol. The van der Waals surface area contributed by atoms with Gasteiger partial charge in [-0.15, -0.1) is 0 Å². The minimum atomic E-state index is -0.505. The fraction of sp³-hybridized carbons (Fsp3) is 0.417. The summed E-state index contributed by atoms with van der Waals surface area (Å²) in [6, 6.07) is 4.50. The van der Waals surface area contributed by atoms with E-state index in [9.17, 15) is 9.18 Å². The molecule has 1 aromatic rings. The molecule has 1 amide bonds. The fourth-order valence-electron chi connectivity index (χ4n) is 1.41. The molecule has 1 N–H and O–H groups in total. The van der Waals surface area contributed by atoms with Crippen LogP contribution in [0, 0.1) is 11.7 Å². The molecule has 1 atom stereocenters. The highest BCUT2D eigenvalue weighted by Gasteiger charge is 2.15. The van der Waals surface area contributed by atoms with Crippen molar-refractivity contribution in [1.82, 2.24) is 5.32 Å². The first kappa shape index (κ1) is 14.5. The summed E-state index contributed by atoms with van der Waals surface area (Å²) in [6.07, 6.45) is 2.02. The molecule has 17 heavy (non-hydrogen) atoms. The van der Waals surface area contributed by atoms with Gasteiger partial charge in [0.15, 0.2) is 0 Å². The zero-order chi connectivity index (χ0) is 12.8. The molecule has 0 spiro atoms. The van der Waals surface area contributed by atoms with Gasteiger partial charge >= 0.3 is 0 Å². The summed E-state index contributed by atoms with van der Waals surface area (Å²) < 4.78 is 14.0. The second-order valence-corrected chi connectivity index (χ2v) is 5.63. The average molecular weight is 320 g/mol. The van der Waals surface area contributed by atoms with E-state index in [0.29, 0.717) is 16.9 Å². The summed E-state index contributed by atoms with van der Waals surface area (Å²) in [5.41, 5.74) is 0.0730. The maximum Gasteiger partial charge on any atom is 0.255 e. The van der Waals surface area contributed by atoms with Crippen LogP contribution in [-0.4, -0.2) is 24.5 Å². The first-order valence-corrected chi connectivity index (χ1v) is 7.46. The number of benzene rings is 1. The number of halogens is 2. The molecule has 0 heterocycles. The molecule has 1 rings (SSSR count). The van der Waals surface area contributed by atoms with E-state index in [-0.39, 0.29) is 11.5 Å². The van der Waals surface area contributed by atoms with Crippen LogP contribution < -0.4 is 5.32 Å². The number of nitrogens with one attached hydrogen (secondary N) is 1. The molecule has 94 valence electrons. The van der Waals surface area contributed by atoms with Gasteiger partial charge in [-0.3, -0.25) is 4.79 Å². The van der Waals surface area contributed by atoms with Gasteiger partial charge in [0.25, 0.3) is 5.91 Å². The Morgan fingerprint density at radius 3 is 2.88 bits per heavy atom. The van der Waals surface area contributed by atoms with Gasteiger partial charge in [-0.05, 0) is 46.0 Å². The predicted octanol–water partition coefficient (Wildman–Crippen LogP) is 3.32. The molecule has 0 saturated heterocycles. The van der Waals surface area contributed by atoms with E-state index in [2.05, 4.69) is 21.2 Å². The van der Waals surface area contributed by atoms with Crippen molar-refractivity contribution in [2.24, 2.45) is 5.92 Å². The Balaban J connectivity index is 2.64. The lowest BCUT2D eigenvalue weighted by Crippen LogP contribution is -2.30. The van der Waals surface area contributed by atoms with Crippen LogP contribution in [-0.2, 0) is 0 Å².